The van der Waals surface area contributed by atoms with Crippen molar-refractivity contribution in [3.05, 3.63) is 40.7 Å². The topological polar surface area (TPSA) is 79.8 Å². The molecule has 1 amide bonds. The summed E-state index contributed by atoms with van der Waals surface area (Å²) >= 11 is 0. The second-order valence-corrected chi connectivity index (χ2v) is 6.86. The third kappa shape index (κ3) is 4.01. The Morgan fingerprint density at radius 3 is 2.59 bits per heavy atom. The van der Waals surface area contributed by atoms with Gasteiger partial charge in [-0.05, 0) is 13.3 Å². The quantitative estimate of drug-likeness (QED) is 0.796. The molecule has 1 aliphatic heterocycles. The van der Waals surface area contributed by atoms with Crippen molar-refractivity contribution in [1.29, 1.82) is 0 Å². The SMILES string of the molecule is Cc1c(F)c(F)nc(Nc2cc(C3CCNC(=O)C3)nc(C(C)C)n2)c1F. The van der Waals surface area contributed by atoms with Crippen LogP contribution in [0, 0.1) is 24.5 Å². The zero-order chi connectivity index (χ0) is 19.7. The number of carbonyl (C=O) groups excluding carboxylic acids is 1. The molecule has 1 aliphatic rings. The van der Waals surface area contributed by atoms with E-state index in [0.29, 0.717) is 24.5 Å². The molecule has 6 nitrogen and oxygen atoms in total. The van der Waals surface area contributed by atoms with Crippen LogP contribution >= 0.6 is 0 Å². The minimum absolute atomic E-state index is 0.0209. The van der Waals surface area contributed by atoms with Gasteiger partial charge in [0.15, 0.2) is 17.5 Å². The molecule has 1 fully saturated rings. The van der Waals surface area contributed by atoms with Gasteiger partial charge in [0, 0.05) is 42.1 Å². The number of amides is 1. The van der Waals surface area contributed by atoms with Gasteiger partial charge in [-0.1, -0.05) is 13.8 Å². The van der Waals surface area contributed by atoms with Gasteiger partial charge >= 0.3 is 0 Å². The number of hydrogen-bond acceptors (Lipinski definition) is 5. The van der Waals surface area contributed by atoms with Crippen LogP contribution in [0.4, 0.5) is 24.8 Å². The Bertz CT molecular complexity index is 888. The predicted molar refractivity (Wildman–Crippen MR) is 93.2 cm³/mol. The highest BCUT2D eigenvalue weighted by atomic mass is 19.2. The fourth-order valence-electron chi connectivity index (χ4n) is 2.88. The molecular weight excluding hydrogens is 359 g/mol. The number of nitrogens with one attached hydrogen (secondary N) is 2. The van der Waals surface area contributed by atoms with Crippen molar-refractivity contribution in [1.82, 2.24) is 20.3 Å². The van der Waals surface area contributed by atoms with Gasteiger partial charge in [0.25, 0.3) is 5.95 Å². The van der Waals surface area contributed by atoms with Gasteiger partial charge in [-0.2, -0.15) is 9.37 Å². The van der Waals surface area contributed by atoms with Crippen molar-refractivity contribution in [2.45, 2.75) is 45.4 Å². The summed E-state index contributed by atoms with van der Waals surface area (Å²) in [5, 5.41) is 5.39. The number of anilines is 2. The van der Waals surface area contributed by atoms with E-state index in [1.54, 1.807) is 6.07 Å². The van der Waals surface area contributed by atoms with E-state index in [1.807, 2.05) is 13.8 Å². The number of aromatic nitrogens is 3. The molecule has 2 aromatic rings. The van der Waals surface area contributed by atoms with Crippen molar-refractivity contribution in [2.75, 3.05) is 11.9 Å². The molecule has 0 spiro atoms. The summed E-state index contributed by atoms with van der Waals surface area (Å²) in [6.07, 6.45) is 1.02. The molecule has 0 aromatic carbocycles. The molecule has 3 rings (SSSR count). The number of pyridine rings is 1. The van der Waals surface area contributed by atoms with E-state index in [1.165, 1.54) is 0 Å². The molecule has 27 heavy (non-hydrogen) atoms. The van der Waals surface area contributed by atoms with E-state index in [2.05, 4.69) is 25.6 Å². The van der Waals surface area contributed by atoms with Gasteiger partial charge in [-0.25, -0.2) is 18.7 Å². The van der Waals surface area contributed by atoms with Crippen LogP contribution in [0.25, 0.3) is 0 Å². The average Bonchev–Trinajstić information content (AvgIpc) is 2.64. The van der Waals surface area contributed by atoms with E-state index in [9.17, 15) is 18.0 Å². The lowest BCUT2D eigenvalue weighted by Gasteiger charge is -2.23. The van der Waals surface area contributed by atoms with E-state index < -0.39 is 29.0 Å². The number of piperidine rings is 1. The summed E-state index contributed by atoms with van der Waals surface area (Å²) < 4.78 is 41.3. The molecule has 2 aromatic heterocycles. The monoisotopic (exact) mass is 379 g/mol. The summed E-state index contributed by atoms with van der Waals surface area (Å²) in [5.41, 5.74) is 0.179. The minimum Gasteiger partial charge on any atom is -0.356 e. The molecule has 3 heterocycles. The van der Waals surface area contributed by atoms with Crippen molar-refractivity contribution in [3.8, 4) is 0 Å². The summed E-state index contributed by atoms with van der Waals surface area (Å²) in [4.78, 5) is 23.8. The van der Waals surface area contributed by atoms with Gasteiger partial charge in [0.05, 0.1) is 0 Å². The minimum atomic E-state index is -1.39. The summed E-state index contributed by atoms with van der Waals surface area (Å²) in [6, 6.07) is 1.59. The molecule has 144 valence electrons. The Balaban J connectivity index is 1.99. The standard InChI is InChI=1S/C18H20F3N5O/c1-8(2)17-23-11(10-4-5-22-13(27)6-10)7-12(24-17)25-18-15(20)9(3)14(19)16(21)26-18/h7-8,10H,4-6H2,1-3H3,(H,22,27)(H,23,24,25,26). The van der Waals surface area contributed by atoms with Gasteiger partial charge in [0.2, 0.25) is 5.91 Å². The lowest BCUT2D eigenvalue weighted by Crippen LogP contribution is -2.33. The highest BCUT2D eigenvalue weighted by Crippen LogP contribution is 2.29. The molecule has 0 bridgehead atoms. The van der Waals surface area contributed by atoms with Crippen LogP contribution in [0.15, 0.2) is 6.07 Å². The first kappa shape index (κ1) is 19.1. The molecule has 0 aliphatic carbocycles. The van der Waals surface area contributed by atoms with Crippen LogP contribution in [0.5, 0.6) is 0 Å². The lowest BCUT2D eigenvalue weighted by atomic mass is 9.93. The maximum atomic E-state index is 14.3. The zero-order valence-corrected chi connectivity index (χ0v) is 15.2. The molecule has 1 unspecified atom stereocenters. The average molecular weight is 379 g/mol. The fourth-order valence-corrected chi connectivity index (χ4v) is 2.88. The second-order valence-electron chi connectivity index (χ2n) is 6.86. The first-order valence-electron chi connectivity index (χ1n) is 8.70. The smallest absolute Gasteiger partial charge is 0.251 e. The van der Waals surface area contributed by atoms with Crippen LogP contribution in [0.3, 0.4) is 0 Å². The van der Waals surface area contributed by atoms with E-state index in [4.69, 9.17) is 0 Å². The highest BCUT2D eigenvalue weighted by Gasteiger charge is 2.24. The van der Waals surface area contributed by atoms with Crippen LogP contribution < -0.4 is 10.6 Å². The van der Waals surface area contributed by atoms with Gasteiger partial charge in [-0.3, -0.25) is 4.79 Å². The van der Waals surface area contributed by atoms with E-state index >= 15 is 0 Å². The number of carbonyl (C=O) groups is 1. The van der Waals surface area contributed by atoms with Crippen molar-refractivity contribution < 1.29 is 18.0 Å². The van der Waals surface area contributed by atoms with Crippen LogP contribution in [-0.2, 0) is 4.79 Å². The predicted octanol–water partition coefficient (Wildman–Crippen LogP) is 3.46. The Morgan fingerprint density at radius 2 is 1.93 bits per heavy atom. The third-order valence-corrected chi connectivity index (χ3v) is 4.45. The van der Waals surface area contributed by atoms with Crippen molar-refractivity contribution in [3.63, 3.8) is 0 Å². The number of nitrogens with zero attached hydrogens (tertiary/aromatic N) is 3. The summed E-state index contributed by atoms with van der Waals surface area (Å²) in [6.45, 7) is 5.48. The molecule has 1 saturated heterocycles. The fraction of sp³-hybridized carbons (Fsp3) is 0.444. The van der Waals surface area contributed by atoms with Crippen LogP contribution in [0.2, 0.25) is 0 Å². The molecule has 1 atom stereocenters. The van der Waals surface area contributed by atoms with Gasteiger partial charge < -0.3 is 10.6 Å². The van der Waals surface area contributed by atoms with E-state index in [0.717, 1.165) is 13.3 Å². The summed E-state index contributed by atoms with van der Waals surface area (Å²) in [5.74, 6) is -3.61. The van der Waals surface area contributed by atoms with Crippen LogP contribution in [0.1, 0.15) is 55.6 Å². The first-order valence-corrected chi connectivity index (χ1v) is 8.70. The first-order chi connectivity index (χ1) is 12.8. The Kier molecular flexibility index (Phi) is 5.29. The van der Waals surface area contributed by atoms with Gasteiger partial charge in [-0.15, -0.1) is 0 Å². The Morgan fingerprint density at radius 1 is 1.19 bits per heavy atom. The third-order valence-electron chi connectivity index (χ3n) is 4.45. The number of hydrogen-bond donors (Lipinski definition) is 2. The number of halogens is 3. The lowest BCUT2D eigenvalue weighted by molar-refractivity contribution is -0.122. The van der Waals surface area contributed by atoms with Crippen LogP contribution in [-0.4, -0.2) is 27.4 Å². The second kappa shape index (κ2) is 7.50. The molecule has 0 saturated carbocycles. The molecule has 9 heteroatoms. The normalized spacial score (nSPS) is 17.1. The maximum absolute atomic E-state index is 14.3. The van der Waals surface area contributed by atoms with Gasteiger partial charge in [0.1, 0.15) is 11.6 Å². The molecule has 0 radical (unpaired) electrons. The highest BCUT2D eigenvalue weighted by molar-refractivity contribution is 5.77. The van der Waals surface area contributed by atoms with Crippen molar-refractivity contribution >= 4 is 17.5 Å². The molecule has 2 N–H and O–H groups in total. The maximum Gasteiger partial charge on any atom is 0.251 e. The van der Waals surface area contributed by atoms with E-state index in [-0.39, 0.29) is 23.6 Å². The largest absolute Gasteiger partial charge is 0.356 e. The number of rotatable bonds is 4. The summed E-state index contributed by atoms with van der Waals surface area (Å²) in [7, 11) is 0. The zero-order valence-electron chi connectivity index (χ0n) is 15.2. The van der Waals surface area contributed by atoms with Crippen molar-refractivity contribution in [2.24, 2.45) is 0 Å². The Labute approximate surface area is 154 Å². The Hall–Kier alpha value is -2.71. The molecular formula is C18H20F3N5O.